The van der Waals surface area contributed by atoms with Gasteiger partial charge >= 0.3 is 0 Å². The summed E-state index contributed by atoms with van der Waals surface area (Å²) < 4.78 is 1.10. The Hall–Kier alpha value is 0.170. The van der Waals surface area contributed by atoms with Crippen molar-refractivity contribution in [2.24, 2.45) is 0 Å². The molecule has 0 N–H and O–H groups in total. The van der Waals surface area contributed by atoms with Crippen LogP contribution in [0.1, 0.15) is 27.1 Å². The predicted molar refractivity (Wildman–Crippen MR) is 98.6 cm³/mol. The highest BCUT2D eigenvalue weighted by atomic mass is 79.9. The molecule has 106 valence electrons. The molecule has 0 fully saturated rings. The first-order valence-electron chi connectivity index (χ1n) is 6.24. The fourth-order valence-corrected chi connectivity index (χ4v) is 3.33. The van der Waals surface area contributed by atoms with Gasteiger partial charge in [0.1, 0.15) is 0 Å². The molecule has 0 aliphatic rings. The lowest BCUT2D eigenvalue weighted by Gasteiger charge is -2.10. The van der Waals surface area contributed by atoms with Gasteiger partial charge in [-0.05, 0) is 47.7 Å². The van der Waals surface area contributed by atoms with E-state index in [9.17, 15) is 0 Å². The Morgan fingerprint density at radius 3 is 2.40 bits per heavy atom. The molecule has 4 heteroatoms. The normalized spacial score (nSPS) is 12.4. The largest absolute Gasteiger partial charge is 0.0912 e. The van der Waals surface area contributed by atoms with Gasteiger partial charge in [-0.1, -0.05) is 83.7 Å². The highest BCUT2D eigenvalue weighted by Crippen LogP contribution is 2.28. The van der Waals surface area contributed by atoms with Crippen LogP contribution >= 0.6 is 59.4 Å². The Morgan fingerprint density at radius 2 is 1.80 bits per heavy atom. The zero-order valence-corrected chi connectivity index (χ0v) is 16.5. The predicted octanol–water partition coefficient (Wildman–Crippen LogP) is 6.83. The van der Waals surface area contributed by atoms with Crippen molar-refractivity contribution in [1.82, 2.24) is 0 Å². The summed E-state index contributed by atoms with van der Waals surface area (Å²) in [5.74, 6) is 0. The van der Waals surface area contributed by atoms with Gasteiger partial charge in [0.05, 0.1) is 0 Å². The fourth-order valence-electron chi connectivity index (χ4n) is 1.98. The van der Waals surface area contributed by atoms with Gasteiger partial charge in [-0.15, -0.1) is 0 Å². The lowest BCUT2D eigenvalue weighted by atomic mass is 10.0. The van der Waals surface area contributed by atoms with Crippen molar-refractivity contribution >= 4 is 59.4 Å². The first kappa shape index (κ1) is 16.5. The molecule has 0 amide bonds. The van der Waals surface area contributed by atoms with E-state index in [1.54, 1.807) is 0 Å². The van der Waals surface area contributed by atoms with Crippen LogP contribution in [0, 0.1) is 6.92 Å². The first-order valence-corrected chi connectivity index (χ1v) is 9.45. The maximum atomic E-state index is 6.32. The van der Waals surface area contributed by atoms with Crippen LogP contribution < -0.4 is 0 Å². The molecular weight excluding hydrogens is 467 g/mol. The minimum Gasteiger partial charge on any atom is -0.0912 e. The van der Waals surface area contributed by atoms with E-state index in [-0.39, 0.29) is 0 Å². The standard InChI is InChI=1S/C16H14Br3Cl/c1-10-6-16(20)13(8-14(10)18)7-11-2-4-12(5-3-11)15(19)9-17/h2-6,8,15H,7,9H2,1H3. The second-order valence-corrected chi connectivity index (χ2v) is 7.75. The minimum atomic E-state index is 0.355. The lowest BCUT2D eigenvalue weighted by Crippen LogP contribution is -1.94. The van der Waals surface area contributed by atoms with Crippen LogP contribution in [-0.4, -0.2) is 5.33 Å². The molecule has 0 aliphatic carbocycles. The summed E-state index contributed by atoms with van der Waals surface area (Å²) in [5.41, 5.74) is 4.85. The summed E-state index contributed by atoms with van der Waals surface area (Å²) in [4.78, 5) is 0.355. The summed E-state index contributed by atoms with van der Waals surface area (Å²) >= 11 is 17.0. The number of benzene rings is 2. The topological polar surface area (TPSA) is 0 Å². The van der Waals surface area contributed by atoms with E-state index < -0.39 is 0 Å². The molecule has 2 rings (SSSR count). The molecule has 0 radical (unpaired) electrons. The van der Waals surface area contributed by atoms with Crippen molar-refractivity contribution in [3.05, 3.63) is 68.1 Å². The number of aryl methyl sites for hydroxylation is 1. The van der Waals surface area contributed by atoms with E-state index in [4.69, 9.17) is 11.6 Å². The van der Waals surface area contributed by atoms with Crippen molar-refractivity contribution in [2.75, 3.05) is 5.33 Å². The molecule has 0 nitrogen and oxygen atoms in total. The van der Waals surface area contributed by atoms with E-state index >= 15 is 0 Å². The van der Waals surface area contributed by atoms with Gasteiger partial charge in [0.25, 0.3) is 0 Å². The summed E-state index contributed by atoms with van der Waals surface area (Å²) in [7, 11) is 0. The Labute approximate surface area is 150 Å². The van der Waals surface area contributed by atoms with E-state index in [0.717, 1.165) is 32.4 Å². The summed E-state index contributed by atoms with van der Waals surface area (Å²) in [5, 5.41) is 1.73. The van der Waals surface area contributed by atoms with Crippen molar-refractivity contribution in [1.29, 1.82) is 0 Å². The molecule has 20 heavy (non-hydrogen) atoms. The Bertz CT molecular complexity index is 593. The molecule has 1 unspecified atom stereocenters. The maximum absolute atomic E-state index is 6.32. The van der Waals surface area contributed by atoms with E-state index in [0.29, 0.717) is 4.83 Å². The molecule has 1 atom stereocenters. The minimum absolute atomic E-state index is 0.355. The molecule has 0 bridgehead atoms. The summed E-state index contributed by atoms with van der Waals surface area (Å²) in [6, 6.07) is 12.8. The van der Waals surface area contributed by atoms with Crippen molar-refractivity contribution in [2.45, 2.75) is 18.2 Å². The second-order valence-electron chi connectivity index (χ2n) is 4.73. The maximum Gasteiger partial charge on any atom is 0.0492 e. The Balaban J connectivity index is 2.20. The summed E-state index contributed by atoms with van der Waals surface area (Å²) in [6.45, 7) is 2.05. The van der Waals surface area contributed by atoms with Crippen LogP contribution in [0.15, 0.2) is 40.9 Å². The van der Waals surface area contributed by atoms with Gasteiger partial charge in [-0.2, -0.15) is 0 Å². The number of alkyl halides is 2. The highest BCUT2D eigenvalue weighted by molar-refractivity contribution is 9.12. The highest BCUT2D eigenvalue weighted by Gasteiger charge is 2.08. The number of hydrogen-bond acceptors (Lipinski definition) is 0. The molecule has 0 saturated carbocycles. The zero-order chi connectivity index (χ0) is 14.7. The van der Waals surface area contributed by atoms with Crippen molar-refractivity contribution in [3.8, 4) is 0 Å². The first-order chi connectivity index (χ1) is 9.51. The number of halogens is 4. The van der Waals surface area contributed by atoms with Crippen LogP contribution in [0.4, 0.5) is 0 Å². The van der Waals surface area contributed by atoms with Gasteiger partial charge in [0.15, 0.2) is 0 Å². The average molecular weight is 481 g/mol. The van der Waals surface area contributed by atoms with Gasteiger partial charge in [0, 0.05) is 19.7 Å². The molecule has 0 saturated heterocycles. The summed E-state index contributed by atoms with van der Waals surface area (Å²) in [6.07, 6.45) is 0.846. The van der Waals surface area contributed by atoms with Gasteiger partial charge in [-0.25, -0.2) is 0 Å². The quantitative estimate of drug-likeness (QED) is 0.420. The molecule has 0 aliphatic heterocycles. The van der Waals surface area contributed by atoms with E-state index in [2.05, 4.69) is 78.1 Å². The molecule has 2 aromatic carbocycles. The van der Waals surface area contributed by atoms with Gasteiger partial charge in [0.2, 0.25) is 0 Å². The smallest absolute Gasteiger partial charge is 0.0492 e. The lowest BCUT2D eigenvalue weighted by molar-refractivity contribution is 1.12. The fraction of sp³-hybridized carbons (Fsp3) is 0.250. The number of rotatable bonds is 4. The van der Waals surface area contributed by atoms with Crippen LogP contribution in [0.3, 0.4) is 0 Å². The monoisotopic (exact) mass is 478 g/mol. The SMILES string of the molecule is Cc1cc(Cl)c(Cc2ccc(C(Br)CBr)cc2)cc1Br. The zero-order valence-electron chi connectivity index (χ0n) is 11.0. The number of hydrogen-bond donors (Lipinski definition) is 0. The Kier molecular flexibility index (Phi) is 6.15. The van der Waals surface area contributed by atoms with Crippen LogP contribution in [-0.2, 0) is 6.42 Å². The van der Waals surface area contributed by atoms with Gasteiger partial charge < -0.3 is 0 Å². The molecule has 0 aromatic heterocycles. The van der Waals surface area contributed by atoms with Crippen LogP contribution in [0.5, 0.6) is 0 Å². The second kappa shape index (κ2) is 7.44. The molecule has 0 spiro atoms. The van der Waals surface area contributed by atoms with Crippen LogP contribution in [0.25, 0.3) is 0 Å². The van der Waals surface area contributed by atoms with Crippen molar-refractivity contribution in [3.63, 3.8) is 0 Å². The van der Waals surface area contributed by atoms with E-state index in [1.165, 1.54) is 11.1 Å². The van der Waals surface area contributed by atoms with Gasteiger partial charge in [-0.3, -0.25) is 0 Å². The molecular formula is C16H14Br3Cl. The van der Waals surface area contributed by atoms with Crippen molar-refractivity contribution < 1.29 is 0 Å². The third kappa shape index (κ3) is 4.09. The van der Waals surface area contributed by atoms with Crippen LogP contribution in [0.2, 0.25) is 5.02 Å². The molecule has 2 aromatic rings. The average Bonchev–Trinajstić information content (AvgIpc) is 2.44. The Morgan fingerprint density at radius 1 is 1.15 bits per heavy atom. The molecule has 0 heterocycles. The third-order valence-electron chi connectivity index (χ3n) is 3.20. The third-order valence-corrected chi connectivity index (χ3v) is 6.77. The van der Waals surface area contributed by atoms with E-state index in [1.807, 2.05) is 13.0 Å².